The molecule has 0 radical (unpaired) electrons. The Morgan fingerprint density at radius 2 is 2.16 bits per heavy atom. The van der Waals surface area contributed by atoms with E-state index in [1.54, 1.807) is 11.9 Å². The van der Waals surface area contributed by atoms with Gasteiger partial charge in [0.2, 0.25) is 0 Å². The van der Waals surface area contributed by atoms with Crippen molar-refractivity contribution in [2.45, 2.75) is 20.0 Å². The summed E-state index contributed by atoms with van der Waals surface area (Å²) in [5.41, 5.74) is 1.68. The lowest BCUT2D eigenvalue weighted by atomic mass is 10.1. The molecule has 0 bridgehead atoms. The van der Waals surface area contributed by atoms with Gasteiger partial charge < -0.3 is 14.6 Å². The SMILES string of the molecule is CC(C)OCCN(C)C(=O)c1ccc2cc[nH]c2c1. The lowest BCUT2D eigenvalue weighted by Crippen LogP contribution is -2.30. The average Bonchev–Trinajstić information content (AvgIpc) is 2.84. The first-order valence-corrected chi connectivity index (χ1v) is 6.52. The maximum absolute atomic E-state index is 12.2. The molecule has 102 valence electrons. The number of fused-ring (bicyclic) bond motifs is 1. The van der Waals surface area contributed by atoms with Gasteiger partial charge in [0, 0.05) is 30.9 Å². The van der Waals surface area contributed by atoms with E-state index in [0.29, 0.717) is 18.7 Å². The van der Waals surface area contributed by atoms with Crippen molar-refractivity contribution in [1.29, 1.82) is 0 Å². The highest BCUT2D eigenvalue weighted by Crippen LogP contribution is 2.15. The van der Waals surface area contributed by atoms with Gasteiger partial charge in [0.15, 0.2) is 0 Å². The molecule has 0 saturated heterocycles. The maximum Gasteiger partial charge on any atom is 0.253 e. The van der Waals surface area contributed by atoms with Gasteiger partial charge in [-0.25, -0.2) is 0 Å². The van der Waals surface area contributed by atoms with E-state index in [-0.39, 0.29) is 12.0 Å². The fourth-order valence-electron chi connectivity index (χ4n) is 1.93. The molecule has 0 unspecified atom stereocenters. The molecular formula is C15H20N2O2. The summed E-state index contributed by atoms with van der Waals surface area (Å²) < 4.78 is 5.46. The first-order chi connectivity index (χ1) is 9.08. The van der Waals surface area contributed by atoms with Gasteiger partial charge in [0.05, 0.1) is 12.7 Å². The lowest BCUT2D eigenvalue weighted by Gasteiger charge is -2.18. The van der Waals surface area contributed by atoms with Crippen LogP contribution in [-0.2, 0) is 4.74 Å². The number of hydrogen-bond donors (Lipinski definition) is 1. The number of aromatic nitrogens is 1. The molecule has 1 aromatic heterocycles. The van der Waals surface area contributed by atoms with Gasteiger partial charge in [0.25, 0.3) is 5.91 Å². The average molecular weight is 260 g/mol. The number of amides is 1. The van der Waals surface area contributed by atoms with Gasteiger partial charge in [-0.3, -0.25) is 4.79 Å². The summed E-state index contributed by atoms with van der Waals surface area (Å²) in [4.78, 5) is 17.0. The third-order valence-electron chi connectivity index (χ3n) is 3.03. The number of likely N-dealkylation sites (N-methyl/N-ethyl adjacent to an activating group) is 1. The summed E-state index contributed by atoms with van der Waals surface area (Å²) in [7, 11) is 1.80. The van der Waals surface area contributed by atoms with E-state index in [1.165, 1.54) is 0 Å². The van der Waals surface area contributed by atoms with Crippen molar-refractivity contribution in [2.24, 2.45) is 0 Å². The second-order valence-electron chi connectivity index (χ2n) is 4.93. The van der Waals surface area contributed by atoms with Crippen LogP contribution in [0.2, 0.25) is 0 Å². The van der Waals surface area contributed by atoms with Crippen LogP contribution >= 0.6 is 0 Å². The Hall–Kier alpha value is -1.81. The highest BCUT2D eigenvalue weighted by molar-refractivity contribution is 5.97. The van der Waals surface area contributed by atoms with Gasteiger partial charge in [-0.05, 0) is 37.4 Å². The van der Waals surface area contributed by atoms with Crippen molar-refractivity contribution in [1.82, 2.24) is 9.88 Å². The standard InChI is InChI=1S/C15H20N2O2/c1-11(2)19-9-8-17(3)15(18)13-5-4-12-6-7-16-14(12)10-13/h4-7,10-11,16H,8-9H2,1-3H3. The summed E-state index contributed by atoms with van der Waals surface area (Å²) >= 11 is 0. The minimum atomic E-state index is 0.0175. The van der Waals surface area contributed by atoms with Crippen molar-refractivity contribution >= 4 is 16.8 Å². The molecule has 1 heterocycles. The maximum atomic E-state index is 12.2. The number of benzene rings is 1. The largest absolute Gasteiger partial charge is 0.377 e. The molecular weight excluding hydrogens is 240 g/mol. The van der Waals surface area contributed by atoms with Crippen molar-refractivity contribution in [3.05, 3.63) is 36.0 Å². The third kappa shape index (κ3) is 3.35. The van der Waals surface area contributed by atoms with Crippen molar-refractivity contribution in [3.8, 4) is 0 Å². The van der Waals surface area contributed by atoms with E-state index in [0.717, 1.165) is 10.9 Å². The van der Waals surface area contributed by atoms with Crippen LogP contribution in [0.1, 0.15) is 24.2 Å². The number of aromatic amines is 1. The van der Waals surface area contributed by atoms with Crippen LogP contribution in [0, 0.1) is 0 Å². The fraction of sp³-hybridized carbons (Fsp3) is 0.400. The summed E-state index contributed by atoms with van der Waals surface area (Å²) in [6.45, 7) is 5.13. The molecule has 0 saturated carbocycles. The number of nitrogens with zero attached hydrogens (tertiary/aromatic N) is 1. The first-order valence-electron chi connectivity index (χ1n) is 6.52. The molecule has 0 aliphatic carbocycles. The smallest absolute Gasteiger partial charge is 0.253 e. The van der Waals surface area contributed by atoms with E-state index in [1.807, 2.05) is 44.3 Å². The van der Waals surface area contributed by atoms with E-state index >= 15 is 0 Å². The van der Waals surface area contributed by atoms with Crippen LogP contribution in [0.5, 0.6) is 0 Å². The molecule has 1 N–H and O–H groups in total. The normalized spacial score (nSPS) is 11.2. The zero-order valence-electron chi connectivity index (χ0n) is 11.6. The minimum absolute atomic E-state index is 0.0175. The third-order valence-corrected chi connectivity index (χ3v) is 3.03. The Morgan fingerprint density at radius 1 is 1.37 bits per heavy atom. The van der Waals surface area contributed by atoms with Crippen molar-refractivity contribution in [3.63, 3.8) is 0 Å². The quantitative estimate of drug-likeness (QED) is 0.898. The van der Waals surface area contributed by atoms with E-state index in [2.05, 4.69) is 4.98 Å². The second kappa shape index (κ2) is 5.89. The molecule has 0 atom stereocenters. The monoisotopic (exact) mass is 260 g/mol. The molecule has 4 nitrogen and oxygen atoms in total. The molecule has 0 aliphatic heterocycles. The van der Waals surface area contributed by atoms with Gasteiger partial charge in [0.1, 0.15) is 0 Å². The Bertz CT molecular complexity index is 560. The number of nitrogens with one attached hydrogen (secondary N) is 1. The van der Waals surface area contributed by atoms with Crippen LogP contribution in [-0.4, -0.2) is 42.1 Å². The topological polar surface area (TPSA) is 45.3 Å². The molecule has 2 aromatic rings. The summed E-state index contributed by atoms with van der Waals surface area (Å²) in [5, 5.41) is 1.11. The number of rotatable bonds is 5. The van der Waals surface area contributed by atoms with Crippen LogP contribution in [0.25, 0.3) is 10.9 Å². The summed E-state index contributed by atoms with van der Waals surface area (Å²) in [6, 6.07) is 7.69. The minimum Gasteiger partial charge on any atom is -0.377 e. The van der Waals surface area contributed by atoms with E-state index in [4.69, 9.17) is 4.74 Å². The van der Waals surface area contributed by atoms with Gasteiger partial charge in [-0.1, -0.05) is 6.07 Å². The van der Waals surface area contributed by atoms with Crippen molar-refractivity contribution < 1.29 is 9.53 Å². The Balaban J connectivity index is 2.01. The van der Waals surface area contributed by atoms with Crippen LogP contribution in [0.3, 0.4) is 0 Å². The molecule has 0 aliphatic rings. The first kappa shape index (κ1) is 13.6. The molecule has 2 rings (SSSR count). The second-order valence-corrected chi connectivity index (χ2v) is 4.93. The van der Waals surface area contributed by atoms with Gasteiger partial charge in [-0.15, -0.1) is 0 Å². The van der Waals surface area contributed by atoms with E-state index < -0.39 is 0 Å². The van der Waals surface area contributed by atoms with Gasteiger partial charge >= 0.3 is 0 Å². The molecule has 0 spiro atoms. The number of carbonyl (C=O) groups excluding carboxylic acids is 1. The number of carbonyl (C=O) groups is 1. The number of ether oxygens (including phenoxy) is 1. The predicted octanol–water partition coefficient (Wildman–Crippen LogP) is 2.66. The molecule has 4 heteroatoms. The number of H-pyrrole nitrogens is 1. The van der Waals surface area contributed by atoms with Crippen LogP contribution in [0.4, 0.5) is 0 Å². The summed E-state index contributed by atoms with van der Waals surface area (Å²) in [6.07, 6.45) is 2.07. The highest BCUT2D eigenvalue weighted by Gasteiger charge is 2.12. The Morgan fingerprint density at radius 3 is 2.89 bits per heavy atom. The Kier molecular flexibility index (Phi) is 4.22. The zero-order valence-corrected chi connectivity index (χ0v) is 11.6. The molecule has 0 fully saturated rings. The number of hydrogen-bond acceptors (Lipinski definition) is 2. The predicted molar refractivity (Wildman–Crippen MR) is 76.3 cm³/mol. The zero-order chi connectivity index (χ0) is 13.8. The van der Waals surface area contributed by atoms with Crippen molar-refractivity contribution in [2.75, 3.05) is 20.2 Å². The fourth-order valence-corrected chi connectivity index (χ4v) is 1.93. The van der Waals surface area contributed by atoms with Crippen LogP contribution in [0.15, 0.2) is 30.5 Å². The van der Waals surface area contributed by atoms with Crippen LogP contribution < -0.4 is 0 Å². The van der Waals surface area contributed by atoms with Gasteiger partial charge in [-0.2, -0.15) is 0 Å². The molecule has 1 amide bonds. The van der Waals surface area contributed by atoms with E-state index in [9.17, 15) is 4.79 Å². The lowest BCUT2D eigenvalue weighted by molar-refractivity contribution is 0.0532. The highest BCUT2D eigenvalue weighted by atomic mass is 16.5. The summed E-state index contributed by atoms with van der Waals surface area (Å²) in [5.74, 6) is 0.0175. The Labute approximate surface area is 113 Å². The molecule has 1 aromatic carbocycles. The molecule has 19 heavy (non-hydrogen) atoms.